The Bertz CT molecular complexity index is 547. The van der Waals surface area contributed by atoms with Crippen LogP contribution in [-0.4, -0.2) is 4.98 Å². The van der Waals surface area contributed by atoms with E-state index in [0.29, 0.717) is 6.04 Å². The first-order valence-corrected chi connectivity index (χ1v) is 10.9. The van der Waals surface area contributed by atoms with E-state index in [9.17, 15) is 0 Å². The Labute approximate surface area is 161 Å². The average molecular weight is 356 g/mol. The summed E-state index contributed by atoms with van der Waals surface area (Å²) in [5, 5.41) is 0. The molecule has 0 saturated heterocycles. The zero-order valence-corrected chi connectivity index (χ0v) is 17.0. The molecular formula is C24H39N2+. The van der Waals surface area contributed by atoms with Gasteiger partial charge < -0.3 is 0 Å². The van der Waals surface area contributed by atoms with Crippen LogP contribution in [0.4, 0.5) is 0 Å². The number of aromatic amines is 1. The lowest BCUT2D eigenvalue weighted by molar-refractivity contribution is -0.730. The number of rotatable bonds is 14. The Morgan fingerprint density at radius 3 is 2.27 bits per heavy atom. The van der Waals surface area contributed by atoms with Crippen molar-refractivity contribution in [2.45, 2.75) is 90.5 Å². The van der Waals surface area contributed by atoms with E-state index in [-0.39, 0.29) is 0 Å². The second-order valence-electron chi connectivity index (χ2n) is 7.77. The van der Waals surface area contributed by atoms with Crippen molar-refractivity contribution in [1.82, 2.24) is 4.98 Å². The van der Waals surface area contributed by atoms with Crippen LogP contribution in [0, 0.1) is 5.92 Å². The van der Waals surface area contributed by atoms with Gasteiger partial charge in [0.15, 0.2) is 0 Å². The molecule has 1 N–H and O–H groups in total. The van der Waals surface area contributed by atoms with Gasteiger partial charge in [0.05, 0.1) is 0 Å². The molecule has 0 spiro atoms. The van der Waals surface area contributed by atoms with Crippen LogP contribution in [0.2, 0.25) is 0 Å². The average Bonchev–Trinajstić information content (AvgIpc) is 3.20. The third-order valence-electron chi connectivity index (χ3n) is 5.62. The summed E-state index contributed by atoms with van der Waals surface area (Å²) < 4.78 is 2.43. The number of benzene rings is 1. The van der Waals surface area contributed by atoms with Gasteiger partial charge >= 0.3 is 0 Å². The standard InChI is InChI=1S/C24H38N2/c1-3-5-7-8-9-13-16-23(20-22-14-11-10-12-15-22)24(17-6-4-2)26-19-18-25-21-26/h10-12,14-15,18-19,21,23-24H,3-9,13,16-17,20H2,1-2H3/p+1. The first-order valence-electron chi connectivity index (χ1n) is 10.9. The third kappa shape index (κ3) is 7.35. The quantitative estimate of drug-likeness (QED) is 0.289. The number of unbranched alkanes of at least 4 members (excludes halogenated alkanes) is 6. The predicted molar refractivity (Wildman–Crippen MR) is 111 cm³/mol. The van der Waals surface area contributed by atoms with Crippen molar-refractivity contribution in [2.24, 2.45) is 5.92 Å². The molecule has 0 amide bonds. The van der Waals surface area contributed by atoms with E-state index in [4.69, 9.17) is 0 Å². The van der Waals surface area contributed by atoms with E-state index in [0.717, 1.165) is 5.92 Å². The molecule has 0 aliphatic rings. The molecule has 0 saturated carbocycles. The maximum atomic E-state index is 3.26. The van der Waals surface area contributed by atoms with Gasteiger partial charge in [-0.3, -0.25) is 4.98 Å². The number of H-pyrrole nitrogens is 1. The number of imidazole rings is 1. The Hall–Kier alpha value is -1.57. The fraction of sp³-hybridized carbons (Fsp3) is 0.625. The molecule has 0 aliphatic heterocycles. The summed E-state index contributed by atoms with van der Waals surface area (Å²) in [4.78, 5) is 3.26. The van der Waals surface area contributed by atoms with Crippen LogP contribution in [-0.2, 0) is 6.42 Å². The minimum Gasteiger partial charge on any atom is -0.250 e. The highest BCUT2D eigenvalue weighted by atomic mass is 15.1. The van der Waals surface area contributed by atoms with Crippen molar-refractivity contribution >= 4 is 0 Å². The van der Waals surface area contributed by atoms with Gasteiger partial charge in [0, 0.05) is 5.92 Å². The maximum absolute atomic E-state index is 3.26. The second-order valence-corrected chi connectivity index (χ2v) is 7.77. The van der Waals surface area contributed by atoms with Crippen molar-refractivity contribution in [3.8, 4) is 0 Å². The molecule has 2 heteroatoms. The van der Waals surface area contributed by atoms with E-state index in [2.05, 4.69) is 72.5 Å². The van der Waals surface area contributed by atoms with Gasteiger partial charge in [0.2, 0.25) is 6.33 Å². The van der Waals surface area contributed by atoms with Crippen LogP contribution in [0.25, 0.3) is 0 Å². The molecule has 2 nitrogen and oxygen atoms in total. The fourth-order valence-corrected chi connectivity index (χ4v) is 4.08. The minimum absolute atomic E-state index is 0.608. The van der Waals surface area contributed by atoms with Crippen molar-refractivity contribution in [2.75, 3.05) is 0 Å². The van der Waals surface area contributed by atoms with Gasteiger partial charge in [-0.05, 0) is 31.2 Å². The molecular weight excluding hydrogens is 316 g/mol. The van der Waals surface area contributed by atoms with Crippen LogP contribution in [0.1, 0.15) is 89.7 Å². The molecule has 1 aromatic heterocycles. The van der Waals surface area contributed by atoms with Gasteiger partial charge in [-0.25, -0.2) is 4.57 Å². The summed E-state index contributed by atoms with van der Waals surface area (Å²) in [6.07, 6.45) is 21.1. The molecule has 0 bridgehead atoms. The fourth-order valence-electron chi connectivity index (χ4n) is 4.08. The normalized spacial score (nSPS) is 13.6. The molecule has 0 radical (unpaired) electrons. The van der Waals surface area contributed by atoms with E-state index >= 15 is 0 Å². The monoisotopic (exact) mass is 355 g/mol. The lowest BCUT2D eigenvalue weighted by atomic mass is 9.84. The van der Waals surface area contributed by atoms with Gasteiger partial charge in [-0.15, -0.1) is 0 Å². The van der Waals surface area contributed by atoms with E-state index < -0.39 is 0 Å². The zero-order valence-electron chi connectivity index (χ0n) is 17.0. The lowest BCUT2D eigenvalue weighted by Gasteiger charge is -2.25. The van der Waals surface area contributed by atoms with E-state index in [1.807, 2.05) is 0 Å². The maximum Gasteiger partial charge on any atom is 0.241 e. The Morgan fingerprint density at radius 2 is 1.58 bits per heavy atom. The minimum atomic E-state index is 0.608. The van der Waals surface area contributed by atoms with Crippen LogP contribution in [0.15, 0.2) is 49.1 Å². The summed E-state index contributed by atoms with van der Waals surface area (Å²) in [6, 6.07) is 11.7. The molecule has 2 atom stereocenters. The molecule has 1 aromatic carbocycles. The molecule has 1 heterocycles. The van der Waals surface area contributed by atoms with Crippen LogP contribution >= 0.6 is 0 Å². The molecule has 26 heavy (non-hydrogen) atoms. The van der Waals surface area contributed by atoms with Crippen molar-refractivity contribution in [1.29, 1.82) is 0 Å². The van der Waals surface area contributed by atoms with Gasteiger partial charge in [-0.1, -0.05) is 89.1 Å². The smallest absolute Gasteiger partial charge is 0.241 e. The zero-order chi connectivity index (χ0) is 18.5. The summed E-state index contributed by atoms with van der Waals surface area (Å²) in [5.41, 5.74) is 1.49. The number of nitrogens with one attached hydrogen (secondary N) is 1. The SMILES string of the molecule is CCCCCCCCC(Cc1ccccc1)C(CCCC)[n+]1cc[nH]c1. The van der Waals surface area contributed by atoms with Gasteiger partial charge in [-0.2, -0.15) is 0 Å². The first-order chi connectivity index (χ1) is 12.8. The van der Waals surface area contributed by atoms with Gasteiger partial charge in [0.25, 0.3) is 0 Å². The number of aromatic nitrogens is 2. The predicted octanol–water partition coefficient (Wildman–Crippen LogP) is 6.64. The Balaban J connectivity index is 2.01. The first kappa shape index (κ1) is 20.7. The largest absolute Gasteiger partial charge is 0.250 e. The van der Waals surface area contributed by atoms with Crippen molar-refractivity contribution in [3.05, 3.63) is 54.6 Å². The highest BCUT2D eigenvalue weighted by molar-refractivity contribution is 5.15. The topological polar surface area (TPSA) is 19.7 Å². The summed E-state index contributed by atoms with van der Waals surface area (Å²) in [5.74, 6) is 0.718. The molecule has 2 aromatic rings. The van der Waals surface area contributed by atoms with Crippen LogP contribution in [0.3, 0.4) is 0 Å². The Morgan fingerprint density at radius 1 is 0.846 bits per heavy atom. The number of nitrogens with zero attached hydrogens (tertiary/aromatic N) is 1. The molecule has 0 fully saturated rings. The van der Waals surface area contributed by atoms with Crippen molar-refractivity contribution in [3.63, 3.8) is 0 Å². The lowest BCUT2D eigenvalue weighted by Crippen LogP contribution is -2.42. The molecule has 144 valence electrons. The highest BCUT2D eigenvalue weighted by Crippen LogP contribution is 2.28. The summed E-state index contributed by atoms with van der Waals surface area (Å²) in [7, 11) is 0. The van der Waals surface area contributed by atoms with Crippen LogP contribution < -0.4 is 4.57 Å². The molecule has 2 unspecified atom stereocenters. The van der Waals surface area contributed by atoms with E-state index in [1.54, 1.807) is 0 Å². The van der Waals surface area contributed by atoms with Gasteiger partial charge in [0.1, 0.15) is 18.4 Å². The summed E-state index contributed by atoms with van der Waals surface area (Å²) in [6.45, 7) is 4.60. The van der Waals surface area contributed by atoms with Crippen molar-refractivity contribution < 1.29 is 4.57 Å². The number of hydrogen-bond acceptors (Lipinski definition) is 0. The Kier molecular flexibility index (Phi) is 10.2. The van der Waals surface area contributed by atoms with Crippen LogP contribution in [0.5, 0.6) is 0 Å². The second kappa shape index (κ2) is 12.7. The summed E-state index contributed by atoms with van der Waals surface area (Å²) >= 11 is 0. The molecule has 0 aliphatic carbocycles. The van der Waals surface area contributed by atoms with E-state index in [1.165, 1.54) is 76.2 Å². The number of hydrogen-bond donors (Lipinski definition) is 1. The molecule has 2 rings (SSSR count). The third-order valence-corrected chi connectivity index (χ3v) is 5.62. The highest BCUT2D eigenvalue weighted by Gasteiger charge is 2.26.